The monoisotopic (exact) mass is 137 g/mol. The number of carbonyl (C=O) groups excluding carboxylic acids is 1. The molecule has 1 fully saturated rings. The minimum absolute atomic E-state index is 0.167. The van der Waals surface area contributed by atoms with E-state index in [1.54, 1.807) is 6.08 Å². The fraction of sp³-hybridized carbons (Fsp3) is 0.625. The Bertz CT molecular complexity index is 211. The zero-order valence-electron chi connectivity index (χ0n) is 5.89. The van der Waals surface area contributed by atoms with Crippen LogP contribution in [-0.2, 0) is 4.79 Å². The number of hydrogen-bond donors (Lipinski definition) is 1. The SMILES string of the molecule is NC1=CC(=O)C12CCCC2. The third-order valence-corrected chi connectivity index (χ3v) is 2.77. The Balaban J connectivity index is 2.32. The van der Waals surface area contributed by atoms with Crippen LogP contribution in [0.15, 0.2) is 11.8 Å². The van der Waals surface area contributed by atoms with E-state index in [-0.39, 0.29) is 11.2 Å². The molecule has 0 radical (unpaired) electrons. The van der Waals surface area contributed by atoms with Crippen LogP contribution in [0, 0.1) is 5.41 Å². The van der Waals surface area contributed by atoms with Crippen LogP contribution in [0.5, 0.6) is 0 Å². The van der Waals surface area contributed by atoms with Crippen molar-refractivity contribution >= 4 is 5.78 Å². The fourth-order valence-corrected chi connectivity index (χ4v) is 2.00. The highest BCUT2D eigenvalue weighted by molar-refractivity contribution is 6.04. The summed E-state index contributed by atoms with van der Waals surface area (Å²) in [5.74, 6) is 0.266. The normalized spacial score (nSPS) is 28.4. The molecule has 1 saturated carbocycles. The van der Waals surface area contributed by atoms with E-state index in [4.69, 9.17) is 5.73 Å². The van der Waals surface area contributed by atoms with Crippen molar-refractivity contribution in [1.29, 1.82) is 0 Å². The lowest BCUT2D eigenvalue weighted by Gasteiger charge is -2.33. The minimum atomic E-state index is -0.167. The minimum Gasteiger partial charge on any atom is -0.401 e. The van der Waals surface area contributed by atoms with Gasteiger partial charge in [-0.15, -0.1) is 0 Å². The van der Waals surface area contributed by atoms with E-state index < -0.39 is 0 Å². The summed E-state index contributed by atoms with van der Waals surface area (Å²) in [6.45, 7) is 0. The first kappa shape index (κ1) is 5.96. The molecule has 0 aromatic carbocycles. The van der Waals surface area contributed by atoms with Crippen molar-refractivity contribution in [1.82, 2.24) is 0 Å². The number of hydrogen-bond acceptors (Lipinski definition) is 2. The number of rotatable bonds is 0. The molecular weight excluding hydrogens is 126 g/mol. The first-order valence-corrected chi connectivity index (χ1v) is 3.78. The van der Waals surface area contributed by atoms with Crippen LogP contribution in [0.25, 0.3) is 0 Å². The predicted octanol–water partition coefficient (Wildman–Crippen LogP) is 0.972. The fourth-order valence-electron chi connectivity index (χ4n) is 2.00. The number of nitrogens with two attached hydrogens (primary N) is 1. The lowest BCUT2D eigenvalue weighted by molar-refractivity contribution is -0.124. The third kappa shape index (κ3) is 0.474. The van der Waals surface area contributed by atoms with Gasteiger partial charge in [-0.3, -0.25) is 4.79 Å². The highest BCUT2D eigenvalue weighted by Gasteiger charge is 2.48. The van der Waals surface area contributed by atoms with Crippen molar-refractivity contribution in [3.63, 3.8) is 0 Å². The van der Waals surface area contributed by atoms with Gasteiger partial charge in [0.1, 0.15) is 0 Å². The second-order valence-electron chi connectivity index (χ2n) is 3.25. The zero-order valence-corrected chi connectivity index (χ0v) is 5.89. The Morgan fingerprint density at radius 3 is 2.30 bits per heavy atom. The van der Waals surface area contributed by atoms with Gasteiger partial charge in [-0.2, -0.15) is 0 Å². The Morgan fingerprint density at radius 1 is 1.40 bits per heavy atom. The maximum Gasteiger partial charge on any atom is 0.169 e. The molecule has 2 rings (SSSR count). The van der Waals surface area contributed by atoms with Gasteiger partial charge >= 0.3 is 0 Å². The van der Waals surface area contributed by atoms with Crippen LogP contribution in [-0.4, -0.2) is 5.78 Å². The second kappa shape index (κ2) is 1.62. The molecular formula is C8H11NO. The summed E-state index contributed by atoms with van der Waals surface area (Å²) in [5, 5.41) is 0. The Kier molecular flexibility index (Phi) is 0.967. The molecule has 0 heterocycles. The van der Waals surface area contributed by atoms with Gasteiger partial charge in [0.05, 0.1) is 5.41 Å². The molecule has 2 nitrogen and oxygen atoms in total. The molecule has 0 bridgehead atoms. The van der Waals surface area contributed by atoms with E-state index in [1.807, 2.05) is 0 Å². The molecule has 0 aromatic rings. The van der Waals surface area contributed by atoms with Crippen LogP contribution in [0.3, 0.4) is 0 Å². The van der Waals surface area contributed by atoms with E-state index in [9.17, 15) is 4.79 Å². The van der Waals surface area contributed by atoms with Gasteiger partial charge < -0.3 is 5.73 Å². The predicted molar refractivity (Wildman–Crippen MR) is 38.2 cm³/mol. The van der Waals surface area contributed by atoms with Gasteiger partial charge in [0.2, 0.25) is 0 Å². The number of allylic oxidation sites excluding steroid dienone is 2. The van der Waals surface area contributed by atoms with Gasteiger partial charge in [-0.05, 0) is 12.8 Å². The van der Waals surface area contributed by atoms with Crippen LogP contribution in [0.2, 0.25) is 0 Å². The van der Waals surface area contributed by atoms with E-state index in [2.05, 4.69) is 0 Å². The average Bonchev–Trinajstić information content (AvgIpc) is 2.37. The first-order chi connectivity index (χ1) is 4.76. The standard InChI is InChI=1S/C8H11NO/c9-6-5-7(10)8(6)3-1-2-4-8/h5H,1-4,9H2. The molecule has 0 amide bonds. The molecule has 0 aromatic heterocycles. The highest BCUT2D eigenvalue weighted by Crippen LogP contribution is 2.48. The van der Waals surface area contributed by atoms with Crippen LogP contribution < -0.4 is 5.73 Å². The molecule has 10 heavy (non-hydrogen) atoms. The molecule has 0 aliphatic heterocycles. The van der Waals surface area contributed by atoms with Gasteiger partial charge in [-0.1, -0.05) is 12.8 Å². The molecule has 2 N–H and O–H groups in total. The lowest BCUT2D eigenvalue weighted by Crippen LogP contribution is -2.41. The maximum absolute atomic E-state index is 11.1. The topological polar surface area (TPSA) is 43.1 Å². The van der Waals surface area contributed by atoms with Crippen LogP contribution in [0.4, 0.5) is 0 Å². The van der Waals surface area contributed by atoms with Gasteiger partial charge in [0.25, 0.3) is 0 Å². The Hall–Kier alpha value is -0.790. The first-order valence-electron chi connectivity index (χ1n) is 3.78. The molecule has 2 heteroatoms. The largest absolute Gasteiger partial charge is 0.401 e. The quantitative estimate of drug-likeness (QED) is 0.540. The maximum atomic E-state index is 11.1. The molecule has 0 unspecified atom stereocenters. The van der Waals surface area contributed by atoms with Gasteiger partial charge in [-0.25, -0.2) is 0 Å². The highest BCUT2D eigenvalue weighted by atomic mass is 16.1. The van der Waals surface area contributed by atoms with Crippen molar-refractivity contribution in [2.45, 2.75) is 25.7 Å². The van der Waals surface area contributed by atoms with Crippen LogP contribution in [0.1, 0.15) is 25.7 Å². The van der Waals surface area contributed by atoms with Gasteiger partial charge in [0, 0.05) is 11.8 Å². The molecule has 2 aliphatic carbocycles. The smallest absolute Gasteiger partial charge is 0.169 e. The van der Waals surface area contributed by atoms with E-state index in [0.717, 1.165) is 18.5 Å². The summed E-state index contributed by atoms with van der Waals surface area (Å²) in [6.07, 6.45) is 5.90. The third-order valence-electron chi connectivity index (χ3n) is 2.77. The second-order valence-corrected chi connectivity index (χ2v) is 3.25. The Labute approximate surface area is 60.1 Å². The summed E-state index contributed by atoms with van der Waals surface area (Å²) < 4.78 is 0. The number of ketones is 1. The van der Waals surface area contributed by atoms with Crippen molar-refractivity contribution < 1.29 is 4.79 Å². The lowest BCUT2D eigenvalue weighted by atomic mass is 9.70. The summed E-state index contributed by atoms with van der Waals surface area (Å²) in [6, 6.07) is 0. The summed E-state index contributed by atoms with van der Waals surface area (Å²) >= 11 is 0. The molecule has 1 spiro atoms. The van der Waals surface area contributed by atoms with Crippen molar-refractivity contribution in [3.8, 4) is 0 Å². The molecule has 54 valence electrons. The summed E-state index contributed by atoms with van der Waals surface area (Å²) in [5.41, 5.74) is 6.31. The molecule has 2 aliphatic rings. The van der Waals surface area contributed by atoms with Crippen molar-refractivity contribution in [2.24, 2.45) is 11.1 Å². The zero-order chi connectivity index (χ0) is 7.19. The van der Waals surface area contributed by atoms with Crippen LogP contribution >= 0.6 is 0 Å². The summed E-state index contributed by atoms with van der Waals surface area (Å²) in [4.78, 5) is 11.1. The van der Waals surface area contributed by atoms with Gasteiger partial charge in [0.15, 0.2) is 5.78 Å². The molecule has 0 saturated heterocycles. The van der Waals surface area contributed by atoms with E-state index in [0.29, 0.717) is 0 Å². The van der Waals surface area contributed by atoms with Crippen molar-refractivity contribution in [3.05, 3.63) is 11.8 Å². The van der Waals surface area contributed by atoms with E-state index in [1.165, 1.54) is 12.8 Å². The summed E-state index contributed by atoms with van der Waals surface area (Å²) in [7, 11) is 0. The Morgan fingerprint density at radius 2 is 2.00 bits per heavy atom. The molecule has 0 atom stereocenters. The number of carbonyl (C=O) groups is 1. The average molecular weight is 137 g/mol. The van der Waals surface area contributed by atoms with Crippen molar-refractivity contribution in [2.75, 3.05) is 0 Å². The van der Waals surface area contributed by atoms with E-state index >= 15 is 0 Å².